The van der Waals surface area contributed by atoms with Gasteiger partial charge in [-0.3, -0.25) is 4.98 Å². The van der Waals surface area contributed by atoms with Gasteiger partial charge in [-0.2, -0.15) is 0 Å². The van der Waals surface area contributed by atoms with Gasteiger partial charge in [0.25, 0.3) is 0 Å². The van der Waals surface area contributed by atoms with E-state index in [0.717, 1.165) is 29.3 Å². The SMILES string of the molecule is CCNc1nc(-c2cc(C)ccn2)nc(C)c1C(C)C. The van der Waals surface area contributed by atoms with Gasteiger partial charge in [-0.1, -0.05) is 13.8 Å². The van der Waals surface area contributed by atoms with Crippen LogP contribution in [-0.4, -0.2) is 21.5 Å². The monoisotopic (exact) mass is 270 g/mol. The van der Waals surface area contributed by atoms with Crippen LogP contribution in [0.2, 0.25) is 0 Å². The van der Waals surface area contributed by atoms with Crippen LogP contribution in [0.3, 0.4) is 0 Å². The lowest BCUT2D eigenvalue weighted by Gasteiger charge is -2.16. The number of hydrogen-bond donors (Lipinski definition) is 1. The molecule has 0 unspecified atom stereocenters. The molecule has 0 radical (unpaired) electrons. The molecule has 2 rings (SSSR count). The van der Waals surface area contributed by atoms with Crippen LogP contribution in [-0.2, 0) is 0 Å². The Morgan fingerprint density at radius 1 is 1.20 bits per heavy atom. The maximum absolute atomic E-state index is 4.67. The fourth-order valence-electron chi connectivity index (χ4n) is 2.35. The second-order valence-corrected chi connectivity index (χ2v) is 5.30. The lowest BCUT2D eigenvalue weighted by Crippen LogP contribution is -2.10. The topological polar surface area (TPSA) is 50.7 Å². The van der Waals surface area contributed by atoms with Crippen LogP contribution in [0.15, 0.2) is 18.3 Å². The van der Waals surface area contributed by atoms with Crippen molar-refractivity contribution in [2.45, 2.75) is 40.5 Å². The van der Waals surface area contributed by atoms with E-state index >= 15 is 0 Å². The molecule has 0 fully saturated rings. The first-order valence-electron chi connectivity index (χ1n) is 7.08. The highest BCUT2D eigenvalue weighted by Crippen LogP contribution is 2.27. The Kier molecular flexibility index (Phi) is 4.32. The van der Waals surface area contributed by atoms with Gasteiger partial charge in [-0.05, 0) is 44.4 Å². The molecule has 4 heteroatoms. The number of nitrogens with one attached hydrogen (secondary N) is 1. The number of pyridine rings is 1. The fourth-order valence-corrected chi connectivity index (χ4v) is 2.35. The Bertz CT molecular complexity index is 605. The van der Waals surface area contributed by atoms with E-state index < -0.39 is 0 Å². The maximum Gasteiger partial charge on any atom is 0.180 e. The number of aryl methyl sites for hydroxylation is 2. The van der Waals surface area contributed by atoms with Crippen LogP contribution >= 0.6 is 0 Å². The highest BCUT2D eigenvalue weighted by atomic mass is 15.0. The molecule has 0 aliphatic heterocycles. The Morgan fingerprint density at radius 3 is 2.55 bits per heavy atom. The van der Waals surface area contributed by atoms with Crippen molar-refractivity contribution >= 4 is 5.82 Å². The minimum Gasteiger partial charge on any atom is -0.370 e. The van der Waals surface area contributed by atoms with Gasteiger partial charge in [0.2, 0.25) is 0 Å². The molecular formula is C16H22N4. The number of aromatic nitrogens is 3. The minimum absolute atomic E-state index is 0.392. The van der Waals surface area contributed by atoms with Crippen molar-refractivity contribution in [1.29, 1.82) is 0 Å². The first-order valence-corrected chi connectivity index (χ1v) is 7.08. The van der Waals surface area contributed by atoms with Crippen molar-refractivity contribution in [1.82, 2.24) is 15.0 Å². The number of hydrogen-bond acceptors (Lipinski definition) is 4. The van der Waals surface area contributed by atoms with Gasteiger partial charge >= 0.3 is 0 Å². The van der Waals surface area contributed by atoms with Gasteiger partial charge in [-0.15, -0.1) is 0 Å². The van der Waals surface area contributed by atoms with Crippen LogP contribution in [0.4, 0.5) is 5.82 Å². The Balaban J connectivity index is 2.56. The molecule has 0 saturated carbocycles. The molecule has 106 valence electrons. The highest BCUT2D eigenvalue weighted by molar-refractivity contribution is 5.57. The van der Waals surface area contributed by atoms with Crippen LogP contribution in [0.1, 0.15) is 43.5 Å². The third kappa shape index (κ3) is 2.95. The third-order valence-corrected chi connectivity index (χ3v) is 3.20. The van der Waals surface area contributed by atoms with Gasteiger partial charge in [0.15, 0.2) is 5.82 Å². The van der Waals surface area contributed by atoms with Gasteiger partial charge < -0.3 is 5.32 Å². The van der Waals surface area contributed by atoms with E-state index in [1.807, 2.05) is 26.0 Å². The second kappa shape index (κ2) is 5.99. The molecule has 0 aliphatic carbocycles. The normalized spacial score (nSPS) is 10.9. The predicted molar refractivity (Wildman–Crippen MR) is 83.0 cm³/mol. The number of rotatable bonds is 4. The Hall–Kier alpha value is -1.97. The van der Waals surface area contributed by atoms with E-state index in [2.05, 4.69) is 41.0 Å². The van der Waals surface area contributed by atoms with Crippen molar-refractivity contribution in [3.63, 3.8) is 0 Å². The van der Waals surface area contributed by atoms with E-state index in [1.54, 1.807) is 6.20 Å². The van der Waals surface area contributed by atoms with E-state index in [1.165, 1.54) is 5.56 Å². The molecule has 0 aromatic carbocycles. The molecule has 2 heterocycles. The molecule has 0 aliphatic rings. The molecule has 2 aromatic rings. The summed E-state index contributed by atoms with van der Waals surface area (Å²) in [4.78, 5) is 13.7. The Morgan fingerprint density at radius 2 is 1.95 bits per heavy atom. The van der Waals surface area contributed by atoms with Crippen molar-refractivity contribution in [3.05, 3.63) is 35.2 Å². The summed E-state index contributed by atoms with van der Waals surface area (Å²) in [7, 11) is 0. The van der Waals surface area contributed by atoms with Crippen LogP contribution in [0, 0.1) is 13.8 Å². The molecule has 4 nitrogen and oxygen atoms in total. The summed E-state index contributed by atoms with van der Waals surface area (Å²) in [5.41, 5.74) is 4.18. The van der Waals surface area contributed by atoms with Crippen LogP contribution < -0.4 is 5.32 Å². The molecule has 1 N–H and O–H groups in total. The van der Waals surface area contributed by atoms with Crippen LogP contribution in [0.25, 0.3) is 11.5 Å². The van der Waals surface area contributed by atoms with E-state index in [0.29, 0.717) is 11.7 Å². The second-order valence-electron chi connectivity index (χ2n) is 5.30. The lowest BCUT2D eigenvalue weighted by molar-refractivity contribution is 0.830. The lowest BCUT2D eigenvalue weighted by atomic mass is 10.0. The zero-order valence-electron chi connectivity index (χ0n) is 12.9. The average molecular weight is 270 g/mol. The summed E-state index contributed by atoms with van der Waals surface area (Å²) in [5.74, 6) is 2.00. The fraction of sp³-hybridized carbons (Fsp3) is 0.438. The predicted octanol–water partition coefficient (Wildman–Crippen LogP) is 3.71. The molecular weight excluding hydrogens is 248 g/mol. The smallest absolute Gasteiger partial charge is 0.180 e. The third-order valence-electron chi connectivity index (χ3n) is 3.20. The molecule has 2 aromatic heterocycles. The average Bonchev–Trinajstić information content (AvgIpc) is 2.38. The highest BCUT2D eigenvalue weighted by Gasteiger charge is 2.15. The van der Waals surface area contributed by atoms with E-state index in [9.17, 15) is 0 Å². The zero-order chi connectivity index (χ0) is 14.7. The number of nitrogens with zero attached hydrogens (tertiary/aromatic N) is 3. The van der Waals surface area contributed by atoms with Gasteiger partial charge in [0.1, 0.15) is 11.5 Å². The van der Waals surface area contributed by atoms with Crippen molar-refractivity contribution in [2.75, 3.05) is 11.9 Å². The van der Waals surface area contributed by atoms with E-state index in [-0.39, 0.29) is 0 Å². The van der Waals surface area contributed by atoms with Crippen molar-refractivity contribution < 1.29 is 0 Å². The van der Waals surface area contributed by atoms with Gasteiger partial charge in [-0.25, -0.2) is 9.97 Å². The van der Waals surface area contributed by atoms with Crippen LogP contribution in [0.5, 0.6) is 0 Å². The quantitative estimate of drug-likeness (QED) is 0.920. The first kappa shape index (κ1) is 14.4. The summed E-state index contributed by atoms with van der Waals surface area (Å²) >= 11 is 0. The molecule has 20 heavy (non-hydrogen) atoms. The number of anilines is 1. The summed E-state index contributed by atoms with van der Waals surface area (Å²) in [6, 6.07) is 3.99. The van der Waals surface area contributed by atoms with E-state index in [4.69, 9.17) is 0 Å². The molecule has 0 amide bonds. The van der Waals surface area contributed by atoms with Crippen molar-refractivity contribution in [3.8, 4) is 11.5 Å². The molecule has 0 atom stereocenters. The summed E-state index contributed by atoms with van der Waals surface area (Å²) in [6.45, 7) is 11.3. The summed E-state index contributed by atoms with van der Waals surface area (Å²) < 4.78 is 0. The summed E-state index contributed by atoms with van der Waals surface area (Å²) in [6.07, 6.45) is 1.80. The maximum atomic E-state index is 4.67. The standard InChI is InChI=1S/C16H22N4/c1-6-17-16-14(10(2)3)12(5)19-15(20-16)13-9-11(4)7-8-18-13/h7-10H,6H2,1-5H3,(H,17,19,20). The van der Waals surface area contributed by atoms with Gasteiger partial charge in [0.05, 0.1) is 0 Å². The molecule has 0 bridgehead atoms. The largest absolute Gasteiger partial charge is 0.370 e. The Labute approximate surface area is 120 Å². The minimum atomic E-state index is 0.392. The molecule has 0 saturated heterocycles. The first-order chi connectivity index (χ1) is 9.52. The zero-order valence-corrected chi connectivity index (χ0v) is 12.9. The summed E-state index contributed by atoms with van der Waals surface area (Å²) in [5, 5.41) is 3.34. The van der Waals surface area contributed by atoms with Gasteiger partial charge in [0, 0.05) is 24.0 Å². The molecule has 0 spiro atoms. The van der Waals surface area contributed by atoms with Crippen molar-refractivity contribution in [2.24, 2.45) is 0 Å².